The number of hydrogen-bond acceptors (Lipinski definition) is 3. The highest BCUT2D eigenvalue weighted by Crippen LogP contribution is 2.06. The van der Waals surface area contributed by atoms with E-state index in [9.17, 15) is 4.79 Å². The number of nitrogens with zero attached hydrogens (tertiary/aromatic N) is 1. The molecule has 0 heterocycles. The highest BCUT2D eigenvalue weighted by Gasteiger charge is 2.02. The standard InChI is InChI=1S/C16H14N2O2/c17-9-12-4-6-13(7-5-12)10-18-11-14-2-1-3-15(8-14)16(19)20/h1-8,18H,10-11H2,(H,19,20). The third kappa shape index (κ3) is 3.67. The summed E-state index contributed by atoms with van der Waals surface area (Å²) in [6.07, 6.45) is 0. The fourth-order valence-electron chi connectivity index (χ4n) is 1.86. The molecule has 20 heavy (non-hydrogen) atoms. The van der Waals surface area contributed by atoms with Crippen LogP contribution in [0.4, 0.5) is 0 Å². The summed E-state index contributed by atoms with van der Waals surface area (Å²) in [6.45, 7) is 1.27. The molecule has 0 saturated carbocycles. The number of carboxylic acid groups (broad SMARTS) is 1. The number of hydrogen-bond donors (Lipinski definition) is 2. The molecule has 0 aliphatic carbocycles. The third-order valence-electron chi connectivity index (χ3n) is 2.92. The van der Waals surface area contributed by atoms with Crippen LogP contribution in [0.5, 0.6) is 0 Å². The molecule has 0 aromatic heterocycles. The molecule has 0 radical (unpaired) electrons. The van der Waals surface area contributed by atoms with Gasteiger partial charge in [0.15, 0.2) is 0 Å². The minimum absolute atomic E-state index is 0.294. The molecule has 0 saturated heterocycles. The highest BCUT2D eigenvalue weighted by molar-refractivity contribution is 5.87. The van der Waals surface area contributed by atoms with E-state index in [4.69, 9.17) is 10.4 Å². The molecular formula is C16H14N2O2. The quantitative estimate of drug-likeness (QED) is 0.872. The minimum atomic E-state index is -0.918. The van der Waals surface area contributed by atoms with Crippen molar-refractivity contribution >= 4 is 5.97 Å². The molecule has 2 aromatic rings. The molecule has 0 bridgehead atoms. The Morgan fingerprint density at radius 1 is 1.10 bits per heavy atom. The molecule has 0 unspecified atom stereocenters. The normalized spacial score (nSPS) is 9.95. The van der Waals surface area contributed by atoms with Crippen LogP contribution in [0.1, 0.15) is 27.0 Å². The first kappa shape index (κ1) is 13.8. The SMILES string of the molecule is N#Cc1ccc(CNCc2cccc(C(=O)O)c2)cc1. The predicted octanol–water partition coefficient (Wildman–Crippen LogP) is 2.55. The van der Waals surface area contributed by atoms with Crippen molar-refractivity contribution < 1.29 is 9.90 Å². The van der Waals surface area contributed by atoms with Gasteiger partial charge in [-0.2, -0.15) is 5.26 Å². The monoisotopic (exact) mass is 266 g/mol. The zero-order chi connectivity index (χ0) is 14.4. The summed E-state index contributed by atoms with van der Waals surface area (Å²) in [7, 11) is 0. The van der Waals surface area contributed by atoms with Gasteiger partial charge in [0.1, 0.15) is 0 Å². The predicted molar refractivity (Wildman–Crippen MR) is 75.1 cm³/mol. The summed E-state index contributed by atoms with van der Waals surface area (Å²) >= 11 is 0. The van der Waals surface area contributed by atoms with E-state index in [1.54, 1.807) is 30.3 Å². The van der Waals surface area contributed by atoms with Crippen LogP contribution in [0.25, 0.3) is 0 Å². The van der Waals surface area contributed by atoms with Crippen molar-refractivity contribution in [1.29, 1.82) is 5.26 Å². The molecule has 4 heteroatoms. The fraction of sp³-hybridized carbons (Fsp3) is 0.125. The maximum atomic E-state index is 10.9. The summed E-state index contributed by atoms with van der Waals surface area (Å²) in [5.41, 5.74) is 2.95. The fourth-order valence-corrected chi connectivity index (χ4v) is 1.86. The maximum absolute atomic E-state index is 10.9. The molecular weight excluding hydrogens is 252 g/mol. The number of benzene rings is 2. The van der Waals surface area contributed by atoms with Crippen molar-refractivity contribution in [2.24, 2.45) is 0 Å². The Hall–Kier alpha value is -2.64. The molecule has 2 rings (SSSR count). The van der Waals surface area contributed by atoms with E-state index in [0.29, 0.717) is 24.2 Å². The Kier molecular flexibility index (Phi) is 4.48. The lowest BCUT2D eigenvalue weighted by Crippen LogP contribution is -2.13. The lowest BCUT2D eigenvalue weighted by atomic mass is 10.1. The zero-order valence-electron chi connectivity index (χ0n) is 10.8. The molecule has 2 aromatic carbocycles. The average Bonchev–Trinajstić information content (AvgIpc) is 2.48. The van der Waals surface area contributed by atoms with E-state index in [2.05, 4.69) is 11.4 Å². The van der Waals surface area contributed by atoms with Gasteiger partial charge in [0.05, 0.1) is 17.2 Å². The van der Waals surface area contributed by atoms with Gasteiger partial charge in [-0.3, -0.25) is 0 Å². The zero-order valence-corrected chi connectivity index (χ0v) is 10.8. The van der Waals surface area contributed by atoms with Crippen molar-refractivity contribution in [3.8, 4) is 6.07 Å². The van der Waals surface area contributed by atoms with E-state index < -0.39 is 5.97 Å². The highest BCUT2D eigenvalue weighted by atomic mass is 16.4. The molecule has 0 aliphatic heterocycles. The molecule has 0 atom stereocenters. The second-order valence-electron chi connectivity index (χ2n) is 4.42. The van der Waals surface area contributed by atoms with Gasteiger partial charge >= 0.3 is 5.97 Å². The van der Waals surface area contributed by atoms with Gasteiger partial charge in [0.25, 0.3) is 0 Å². The minimum Gasteiger partial charge on any atom is -0.478 e. The Balaban J connectivity index is 1.90. The summed E-state index contributed by atoms with van der Waals surface area (Å²) < 4.78 is 0. The molecule has 0 spiro atoms. The lowest BCUT2D eigenvalue weighted by Gasteiger charge is -2.06. The van der Waals surface area contributed by atoms with Crippen molar-refractivity contribution in [3.05, 3.63) is 70.8 Å². The lowest BCUT2D eigenvalue weighted by molar-refractivity contribution is 0.0696. The summed E-state index contributed by atoms with van der Waals surface area (Å²) in [4.78, 5) is 10.9. The van der Waals surface area contributed by atoms with E-state index in [1.165, 1.54) is 0 Å². The number of aromatic carboxylic acids is 1. The molecule has 4 nitrogen and oxygen atoms in total. The van der Waals surface area contributed by atoms with Crippen LogP contribution in [0, 0.1) is 11.3 Å². The Bertz CT molecular complexity index is 642. The number of nitriles is 1. The number of rotatable bonds is 5. The van der Waals surface area contributed by atoms with Crippen molar-refractivity contribution in [2.45, 2.75) is 13.1 Å². The van der Waals surface area contributed by atoms with Crippen molar-refractivity contribution in [3.63, 3.8) is 0 Å². The van der Waals surface area contributed by atoms with Gasteiger partial charge in [-0.25, -0.2) is 4.79 Å². The van der Waals surface area contributed by atoms with Crippen LogP contribution in [-0.4, -0.2) is 11.1 Å². The average molecular weight is 266 g/mol. The number of carbonyl (C=O) groups is 1. The Morgan fingerprint density at radius 2 is 1.80 bits per heavy atom. The summed E-state index contributed by atoms with van der Waals surface area (Å²) in [5, 5.41) is 20.9. The van der Waals surface area contributed by atoms with Gasteiger partial charge in [-0.05, 0) is 35.4 Å². The topological polar surface area (TPSA) is 73.1 Å². The molecule has 2 N–H and O–H groups in total. The van der Waals surface area contributed by atoms with Crippen molar-refractivity contribution in [2.75, 3.05) is 0 Å². The van der Waals surface area contributed by atoms with E-state index in [0.717, 1.165) is 11.1 Å². The van der Waals surface area contributed by atoms with Gasteiger partial charge in [-0.1, -0.05) is 24.3 Å². The van der Waals surface area contributed by atoms with Crippen LogP contribution >= 0.6 is 0 Å². The van der Waals surface area contributed by atoms with Crippen LogP contribution in [0.3, 0.4) is 0 Å². The number of nitrogens with one attached hydrogen (secondary N) is 1. The van der Waals surface area contributed by atoms with E-state index in [1.807, 2.05) is 18.2 Å². The second kappa shape index (κ2) is 6.50. The Labute approximate surface area is 117 Å². The first-order valence-electron chi connectivity index (χ1n) is 6.21. The van der Waals surface area contributed by atoms with Crippen LogP contribution < -0.4 is 5.32 Å². The third-order valence-corrected chi connectivity index (χ3v) is 2.92. The van der Waals surface area contributed by atoms with Crippen LogP contribution in [-0.2, 0) is 13.1 Å². The van der Waals surface area contributed by atoms with Gasteiger partial charge < -0.3 is 10.4 Å². The van der Waals surface area contributed by atoms with Gasteiger partial charge in [0.2, 0.25) is 0 Å². The van der Waals surface area contributed by atoms with Gasteiger partial charge in [-0.15, -0.1) is 0 Å². The maximum Gasteiger partial charge on any atom is 0.335 e. The van der Waals surface area contributed by atoms with E-state index >= 15 is 0 Å². The number of carboxylic acids is 1. The molecule has 0 amide bonds. The van der Waals surface area contributed by atoms with E-state index in [-0.39, 0.29) is 0 Å². The first-order chi connectivity index (χ1) is 9.69. The van der Waals surface area contributed by atoms with Crippen LogP contribution in [0.15, 0.2) is 48.5 Å². The summed E-state index contributed by atoms with van der Waals surface area (Å²) in [5.74, 6) is -0.918. The largest absolute Gasteiger partial charge is 0.478 e. The Morgan fingerprint density at radius 3 is 2.45 bits per heavy atom. The van der Waals surface area contributed by atoms with Crippen molar-refractivity contribution in [1.82, 2.24) is 5.32 Å². The first-order valence-corrected chi connectivity index (χ1v) is 6.21. The summed E-state index contributed by atoms with van der Waals surface area (Å²) in [6, 6.07) is 16.3. The second-order valence-corrected chi connectivity index (χ2v) is 4.42. The molecule has 100 valence electrons. The van der Waals surface area contributed by atoms with Crippen LogP contribution in [0.2, 0.25) is 0 Å². The molecule has 0 aliphatic rings. The molecule has 0 fully saturated rings. The smallest absolute Gasteiger partial charge is 0.335 e. The van der Waals surface area contributed by atoms with Gasteiger partial charge in [0, 0.05) is 13.1 Å².